The van der Waals surface area contributed by atoms with Gasteiger partial charge in [0.25, 0.3) is 11.6 Å². The summed E-state index contributed by atoms with van der Waals surface area (Å²) >= 11 is 0. The Kier molecular flexibility index (Phi) is 7.00. The van der Waals surface area contributed by atoms with Crippen LogP contribution < -0.4 is 5.32 Å². The molecular weight excluding hydrogens is 384 g/mol. The van der Waals surface area contributed by atoms with Gasteiger partial charge in [-0.15, -0.1) is 0 Å². The van der Waals surface area contributed by atoms with Gasteiger partial charge >= 0.3 is 0 Å². The molecule has 2 amide bonds. The van der Waals surface area contributed by atoms with Crippen molar-refractivity contribution in [1.29, 1.82) is 0 Å². The highest BCUT2D eigenvalue weighted by atomic mass is 16.6. The molecule has 0 spiro atoms. The summed E-state index contributed by atoms with van der Waals surface area (Å²) in [5, 5.41) is 14.5. The Balaban J connectivity index is 1.59. The number of hydrogen-bond donors (Lipinski definition) is 1. The summed E-state index contributed by atoms with van der Waals surface area (Å²) in [6.07, 6.45) is 2.10. The maximum atomic E-state index is 12.7. The first-order valence-corrected chi connectivity index (χ1v) is 10.0. The van der Waals surface area contributed by atoms with Gasteiger partial charge in [-0.2, -0.15) is 0 Å². The summed E-state index contributed by atoms with van der Waals surface area (Å²) in [6, 6.07) is 14.2. The van der Waals surface area contributed by atoms with Gasteiger partial charge in [-0.25, -0.2) is 0 Å². The van der Waals surface area contributed by atoms with Gasteiger partial charge in [0.2, 0.25) is 5.91 Å². The van der Waals surface area contributed by atoms with Crippen LogP contribution in [0, 0.1) is 10.1 Å². The summed E-state index contributed by atoms with van der Waals surface area (Å²) in [6.45, 7) is 2.14. The molecule has 1 aliphatic heterocycles. The van der Waals surface area contributed by atoms with E-state index in [2.05, 4.69) is 5.32 Å². The highest BCUT2D eigenvalue weighted by Crippen LogP contribution is 2.25. The van der Waals surface area contributed by atoms with Crippen molar-refractivity contribution in [2.45, 2.75) is 25.8 Å². The maximum absolute atomic E-state index is 12.7. The van der Waals surface area contributed by atoms with Crippen molar-refractivity contribution >= 4 is 23.2 Å². The van der Waals surface area contributed by atoms with Gasteiger partial charge in [0.1, 0.15) is 5.56 Å². The number of nitrogens with one attached hydrogen (secondary N) is 1. The molecule has 8 heteroatoms. The number of nitro benzene ring substituents is 1. The minimum atomic E-state index is -0.533. The molecule has 1 fully saturated rings. The molecule has 0 unspecified atom stereocenters. The summed E-state index contributed by atoms with van der Waals surface area (Å²) in [5.41, 5.74) is 1.53. The third-order valence-electron chi connectivity index (χ3n) is 5.17. The highest BCUT2D eigenvalue weighted by Gasteiger charge is 2.27. The Hall–Kier alpha value is -3.42. The molecule has 1 saturated heterocycles. The lowest BCUT2D eigenvalue weighted by molar-refractivity contribution is -0.385. The third kappa shape index (κ3) is 5.34. The average Bonchev–Trinajstić information content (AvgIpc) is 3.28. The number of hydrogen-bond acceptors (Lipinski definition) is 5. The lowest BCUT2D eigenvalue weighted by Gasteiger charge is -2.18. The molecule has 1 aliphatic rings. The van der Waals surface area contributed by atoms with Crippen LogP contribution in [-0.4, -0.2) is 53.2 Å². The van der Waals surface area contributed by atoms with Crippen LogP contribution in [0.2, 0.25) is 0 Å². The molecular formula is C22H26N4O4. The normalized spacial score (nSPS) is 13.2. The standard InChI is InChI=1S/C22H26N4O4/c1-24(16-17-7-3-2-4-8-17)21(27)11-12-23-18-9-10-20(26(29)30)19(15-18)22(28)25-13-5-6-14-25/h2-4,7-10,15,23H,5-6,11-14,16H2,1H3. The molecule has 0 aliphatic carbocycles. The fraction of sp³-hybridized carbons (Fsp3) is 0.364. The second kappa shape index (κ2) is 9.87. The van der Waals surface area contributed by atoms with Crippen LogP contribution in [0.3, 0.4) is 0 Å². The smallest absolute Gasteiger partial charge is 0.282 e. The monoisotopic (exact) mass is 410 g/mol. The lowest BCUT2D eigenvalue weighted by Crippen LogP contribution is -2.28. The number of carbonyl (C=O) groups excluding carboxylic acids is 2. The molecule has 1 heterocycles. The first kappa shape index (κ1) is 21.3. The summed E-state index contributed by atoms with van der Waals surface area (Å²) < 4.78 is 0. The van der Waals surface area contributed by atoms with Gasteiger partial charge in [-0.1, -0.05) is 30.3 Å². The Morgan fingerprint density at radius 1 is 1.13 bits per heavy atom. The van der Waals surface area contributed by atoms with Crippen molar-refractivity contribution in [3.05, 3.63) is 69.8 Å². The number of rotatable bonds is 8. The third-order valence-corrected chi connectivity index (χ3v) is 5.17. The minimum Gasteiger partial charge on any atom is -0.385 e. The first-order chi connectivity index (χ1) is 14.5. The zero-order valence-electron chi connectivity index (χ0n) is 17.0. The molecule has 158 valence electrons. The maximum Gasteiger partial charge on any atom is 0.282 e. The van der Waals surface area contributed by atoms with E-state index in [0.717, 1.165) is 18.4 Å². The van der Waals surface area contributed by atoms with Crippen molar-refractivity contribution in [3.8, 4) is 0 Å². The van der Waals surface area contributed by atoms with Crippen LogP contribution >= 0.6 is 0 Å². The van der Waals surface area contributed by atoms with E-state index in [1.165, 1.54) is 12.1 Å². The van der Waals surface area contributed by atoms with E-state index in [1.54, 1.807) is 22.9 Å². The molecule has 2 aromatic rings. The Bertz CT molecular complexity index is 911. The van der Waals surface area contributed by atoms with Gasteiger partial charge in [-0.05, 0) is 30.5 Å². The van der Waals surface area contributed by atoms with E-state index in [4.69, 9.17) is 0 Å². The number of anilines is 1. The number of benzene rings is 2. The van der Waals surface area contributed by atoms with Crippen molar-refractivity contribution in [3.63, 3.8) is 0 Å². The second-order valence-corrected chi connectivity index (χ2v) is 7.40. The second-order valence-electron chi connectivity index (χ2n) is 7.40. The topological polar surface area (TPSA) is 95.8 Å². The molecule has 0 atom stereocenters. The Morgan fingerprint density at radius 2 is 1.83 bits per heavy atom. The molecule has 1 N–H and O–H groups in total. The van der Waals surface area contributed by atoms with E-state index in [1.807, 2.05) is 30.3 Å². The Morgan fingerprint density at radius 3 is 2.50 bits per heavy atom. The van der Waals surface area contributed by atoms with Crippen molar-refractivity contribution in [2.24, 2.45) is 0 Å². The largest absolute Gasteiger partial charge is 0.385 e. The zero-order chi connectivity index (χ0) is 21.5. The summed E-state index contributed by atoms with van der Waals surface area (Å²) in [7, 11) is 1.76. The van der Waals surface area contributed by atoms with Gasteiger partial charge in [0.15, 0.2) is 0 Å². The fourth-order valence-corrected chi connectivity index (χ4v) is 3.52. The summed E-state index contributed by atoms with van der Waals surface area (Å²) in [5.74, 6) is -0.330. The van der Waals surface area contributed by atoms with Gasteiger partial charge in [0.05, 0.1) is 4.92 Å². The lowest BCUT2D eigenvalue weighted by atomic mass is 10.1. The van der Waals surface area contributed by atoms with Crippen LogP contribution in [0.4, 0.5) is 11.4 Å². The van der Waals surface area contributed by atoms with Gasteiger partial charge < -0.3 is 15.1 Å². The minimum absolute atomic E-state index is 0.0124. The zero-order valence-corrected chi connectivity index (χ0v) is 17.0. The van der Waals surface area contributed by atoms with Gasteiger partial charge in [-0.3, -0.25) is 19.7 Å². The predicted molar refractivity (Wildman–Crippen MR) is 114 cm³/mol. The van der Waals surface area contributed by atoms with E-state index in [0.29, 0.717) is 31.9 Å². The van der Waals surface area contributed by atoms with E-state index < -0.39 is 4.92 Å². The summed E-state index contributed by atoms with van der Waals surface area (Å²) in [4.78, 5) is 39.2. The van der Waals surface area contributed by atoms with E-state index in [-0.39, 0.29) is 29.5 Å². The average molecular weight is 410 g/mol. The van der Waals surface area contributed by atoms with Crippen molar-refractivity contribution in [1.82, 2.24) is 9.80 Å². The number of likely N-dealkylation sites (tertiary alicyclic amines) is 1. The quantitative estimate of drug-likeness (QED) is 0.532. The molecule has 0 saturated carbocycles. The van der Waals surface area contributed by atoms with Crippen LogP contribution in [0.5, 0.6) is 0 Å². The van der Waals surface area contributed by atoms with Crippen LogP contribution in [0.1, 0.15) is 35.2 Å². The van der Waals surface area contributed by atoms with E-state index >= 15 is 0 Å². The number of carbonyl (C=O) groups is 2. The molecule has 3 rings (SSSR count). The predicted octanol–water partition coefficient (Wildman–Crippen LogP) is 3.29. The van der Waals surface area contributed by atoms with Gasteiger partial charge in [0, 0.05) is 51.4 Å². The molecule has 0 radical (unpaired) electrons. The van der Waals surface area contributed by atoms with Crippen LogP contribution in [-0.2, 0) is 11.3 Å². The molecule has 0 aromatic heterocycles. The van der Waals surface area contributed by atoms with E-state index in [9.17, 15) is 19.7 Å². The number of nitro groups is 1. The molecule has 30 heavy (non-hydrogen) atoms. The molecule has 2 aromatic carbocycles. The fourth-order valence-electron chi connectivity index (χ4n) is 3.52. The van der Waals surface area contributed by atoms with Crippen LogP contribution in [0.15, 0.2) is 48.5 Å². The SMILES string of the molecule is CN(Cc1ccccc1)C(=O)CCNc1ccc([N+](=O)[O-])c(C(=O)N2CCCC2)c1. The van der Waals surface area contributed by atoms with Crippen molar-refractivity contribution < 1.29 is 14.5 Å². The highest BCUT2D eigenvalue weighted by molar-refractivity contribution is 5.99. The Labute approximate surface area is 175 Å². The molecule has 8 nitrogen and oxygen atoms in total. The first-order valence-electron chi connectivity index (χ1n) is 10.0. The van der Waals surface area contributed by atoms with Crippen molar-refractivity contribution in [2.75, 3.05) is 32.0 Å². The number of nitrogens with zero attached hydrogens (tertiary/aromatic N) is 3. The molecule has 0 bridgehead atoms. The number of amides is 2. The van der Waals surface area contributed by atoms with Crippen LogP contribution in [0.25, 0.3) is 0 Å².